The van der Waals surface area contributed by atoms with Gasteiger partial charge >= 0.3 is 12.0 Å². The molecule has 1 aliphatic rings. The maximum atomic E-state index is 11.1. The van der Waals surface area contributed by atoms with Crippen LogP contribution in [-0.2, 0) is 16.1 Å². The molecule has 0 radical (unpaired) electrons. The van der Waals surface area contributed by atoms with Crippen molar-refractivity contribution in [3.8, 4) is 11.8 Å². The second-order valence-corrected chi connectivity index (χ2v) is 8.22. The first-order valence-corrected chi connectivity index (χ1v) is 11.8. The van der Waals surface area contributed by atoms with Crippen LogP contribution in [-0.4, -0.2) is 76.4 Å². The van der Waals surface area contributed by atoms with Gasteiger partial charge in [0.25, 0.3) is 0 Å². The number of hydrogen-bond donors (Lipinski definition) is 1. The molecule has 10 nitrogen and oxygen atoms in total. The average molecular weight is 469 g/mol. The Morgan fingerprint density at radius 3 is 2.71 bits per heavy atom. The summed E-state index contributed by atoms with van der Waals surface area (Å²) in [5.74, 6) is 0.857. The summed E-state index contributed by atoms with van der Waals surface area (Å²) in [6, 6.07) is 7.75. The van der Waals surface area contributed by atoms with Gasteiger partial charge in [0.1, 0.15) is 5.75 Å². The molecule has 3 heterocycles. The van der Waals surface area contributed by atoms with Gasteiger partial charge in [0.15, 0.2) is 17.0 Å². The summed E-state index contributed by atoms with van der Waals surface area (Å²) in [5.41, 5.74) is 2.45. The Hall–Kier alpha value is -3.24. The topological polar surface area (TPSA) is 104 Å². The third-order valence-electron chi connectivity index (χ3n) is 5.53. The molecule has 0 aliphatic carbocycles. The molecule has 182 valence electrons. The third-order valence-corrected chi connectivity index (χ3v) is 5.53. The molecule has 3 aromatic rings. The number of nitrogens with one attached hydrogen (secondary N) is 1. The molecule has 1 aromatic carbocycles. The van der Waals surface area contributed by atoms with E-state index in [2.05, 4.69) is 32.1 Å². The Morgan fingerprint density at radius 2 is 1.97 bits per heavy atom. The van der Waals surface area contributed by atoms with Crippen molar-refractivity contribution < 1.29 is 19.0 Å². The van der Waals surface area contributed by atoms with E-state index in [0.29, 0.717) is 41.9 Å². The van der Waals surface area contributed by atoms with Gasteiger partial charge in [-0.05, 0) is 24.1 Å². The fraction of sp³-hybridized carbons (Fsp3) is 0.500. The van der Waals surface area contributed by atoms with E-state index in [0.717, 1.165) is 57.8 Å². The van der Waals surface area contributed by atoms with Gasteiger partial charge in [0.05, 0.1) is 32.7 Å². The minimum atomic E-state index is -0.339. The van der Waals surface area contributed by atoms with Crippen molar-refractivity contribution in [2.75, 3.05) is 51.3 Å². The van der Waals surface area contributed by atoms with Gasteiger partial charge in [-0.1, -0.05) is 25.5 Å². The highest BCUT2D eigenvalue weighted by Gasteiger charge is 2.16. The number of carbonyl (C=O) groups is 1. The molecule has 0 bridgehead atoms. The second kappa shape index (κ2) is 11.8. The molecule has 34 heavy (non-hydrogen) atoms. The number of imidazole rings is 1. The van der Waals surface area contributed by atoms with Crippen molar-refractivity contribution in [3.05, 3.63) is 36.2 Å². The van der Waals surface area contributed by atoms with Crippen molar-refractivity contribution in [2.24, 2.45) is 0 Å². The van der Waals surface area contributed by atoms with E-state index in [4.69, 9.17) is 14.2 Å². The van der Waals surface area contributed by atoms with E-state index < -0.39 is 0 Å². The summed E-state index contributed by atoms with van der Waals surface area (Å²) >= 11 is 0. The molecule has 0 amide bonds. The first-order chi connectivity index (χ1) is 16.6. The van der Waals surface area contributed by atoms with Crippen molar-refractivity contribution in [3.63, 3.8) is 0 Å². The lowest BCUT2D eigenvalue weighted by atomic mass is 10.2. The van der Waals surface area contributed by atoms with E-state index in [9.17, 15) is 4.79 Å². The molecule has 1 fully saturated rings. The van der Waals surface area contributed by atoms with Crippen LogP contribution < -0.4 is 14.8 Å². The number of ether oxygens (including phenoxy) is 3. The molecule has 1 aliphatic heterocycles. The second-order valence-electron chi connectivity index (χ2n) is 8.22. The number of anilines is 1. The SMILES string of the molecule is CCCCOc1nc(NCCN2CCOCC2)c2ncn(Cc3ccc(OC(C)=O)cc3)c2n1. The average Bonchev–Trinajstić information content (AvgIpc) is 3.23. The van der Waals surface area contributed by atoms with Crippen LogP contribution in [0, 0.1) is 0 Å². The van der Waals surface area contributed by atoms with E-state index in [1.165, 1.54) is 6.92 Å². The summed E-state index contributed by atoms with van der Waals surface area (Å²) in [7, 11) is 0. The Balaban J connectivity index is 1.52. The molecule has 1 N–H and O–H groups in total. The molecule has 2 aromatic heterocycles. The minimum Gasteiger partial charge on any atom is -0.463 e. The van der Waals surface area contributed by atoms with E-state index in [-0.39, 0.29) is 5.97 Å². The normalized spacial score (nSPS) is 14.3. The van der Waals surface area contributed by atoms with Crippen molar-refractivity contribution in [1.82, 2.24) is 24.4 Å². The lowest BCUT2D eigenvalue weighted by Gasteiger charge is -2.26. The first kappa shape index (κ1) is 23.9. The van der Waals surface area contributed by atoms with E-state index >= 15 is 0 Å². The van der Waals surface area contributed by atoms with Crippen LogP contribution in [0.3, 0.4) is 0 Å². The largest absolute Gasteiger partial charge is 0.463 e. The zero-order valence-corrected chi connectivity index (χ0v) is 19.8. The number of nitrogens with zero attached hydrogens (tertiary/aromatic N) is 5. The molecule has 10 heteroatoms. The standard InChI is InChI=1S/C24H32N6O4/c1-3-4-13-33-24-27-22(25-9-10-29-11-14-32-15-12-29)21-23(28-24)30(17-26-21)16-19-5-7-20(8-6-19)34-18(2)31/h5-8,17H,3-4,9-16H2,1-2H3,(H,25,27,28). The van der Waals surface area contributed by atoms with Crippen molar-refractivity contribution in [2.45, 2.75) is 33.2 Å². The summed E-state index contributed by atoms with van der Waals surface area (Å²) in [5, 5.41) is 3.43. The highest BCUT2D eigenvalue weighted by atomic mass is 16.5. The lowest BCUT2D eigenvalue weighted by Crippen LogP contribution is -2.39. The number of esters is 1. The van der Waals surface area contributed by atoms with Crippen LogP contribution >= 0.6 is 0 Å². The Kier molecular flexibility index (Phi) is 8.26. The smallest absolute Gasteiger partial charge is 0.320 e. The summed E-state index contributed by atoms with van der Waals surface area (Å²) in [6.07, 6.45) is 3.74. The van der Waals surface area contributed by atoms with Crippen LogP contribution in [0.4, 0.5) is 5.82 Å². The molecule has 0 unspecified atom stereocenters. The molecular formula is C24H32N6O4. The number of hydrogen-bond acceptors (Lipinski definition) is 9. The quantitative estimate of drug-likeness (QED) is 0.258. The maximum absolute atomic E-state index is 11.1. The van der Waals surface area contributed by atoms with E-state index in [1.54, 1.807) is 18.5 Å². The number of benzene rings is 1. The minimum absolute atomic E-state index is 0.339. The van der Waals surface area contributed by atoms with Gasteiger partial charge in [0.2, 0.25) is 0 Å². The van der Waals surface area contributed by atoms with Gasteiger partial charge < -0.3 is 24.1 Å². The number of rotatable bonds is 11. The number of fused-ring (bicyclic) bond motifs is 1. The molecular weight excluding hydrogens is 436 g/mol. The van der Waals surface area contributed by atoms with Gasteiger partial charge in [-0.3, -0.25) is 9.69 Å². The zero-order chi connectivity index (χ0) is 23.8. The van der Waals surface area contributed by atoms with Crippen LogP contribution in [0.1, 0.15) is 32.3 Å². The predicted molar refractivity (Wildman–Crippen MR) is 128 cm³/mol. The van der Waals surface area contributed by atoms with Crippen LogP contribution in [0.15, 0.2) is 30.6 Å². The monoisotopic (exact) mass is 468 g/mol. The van der Waals surface area contributed by atoms with Gasteiger partial charge in [0, 0.05) is 33.1 Å². The molecule has 0 spiro atoms. The maximum Gasteiger partial charge on any atom is 0.320 e. The molecule has 0 atom stereocenters. The van der Waals surface area contributed by atoms with Crippen LogP contribution in [0.5, 0.6) is 11.8 Å². The van der Waals surface area contributed by atoms with Gasteiger partial charge in [-0.15, -0.1) is 0 Å². The molecule has 4 rings (SSSR count). The van der Waals surface area contributed by atoms with E-state index in [1.807, 2.05) is 16.7 Å². The Labute approximate surface area is 199 Å². The first-order valence-electron chi connectivity index (χ1n) is 11.8. The van der Waals surface area contributed by atoms with Crippen molar-refractivity contribution >= 4 is 23.0 Å². The number of aromatic nitrogens is 4. The Morgan fingerprint density at radius 1 is 1.18 bits per heavy atom. The number of carbonyl (C=O) groups excluding carboxylic acids is 1. The van der Waals surface area contributed by atoms with Crippen LogP contribution in [0.2, 0.25) is 0 Å². The Bertz CT molecular complexity index is 1080. The zero-order valence-electron chi connectivity index (χ0n) is 19.8. The lowest BCUT2D eigenvalue weighted by molar-refractivity contribution is -0.131. The van der Waals surface area contributed by atoms with Gasteiger partial charge in [-0.2, -0.15) is 9.97 Å². The summed E-state index contributed by atoms with van der Waals surface area (Å²) < 4.78 is 18.4. The fourth-order valence-electron chi connectivity index (χ4n) is 3.72. The fourth-order valence-corrected chi connectivity index (χ4v) is 3.72. The van der Waals surface area contributed by atoms with Crippen molar-refractivity contribution in [1.29, 1.82) is 0 Å². The molecule has 1 saturated heterocycles. The van der Waals surface area contributed by atoms with Crippen LogP contribution in [0.25, 0.3) is 11.2 Å². The predicted octanol–water partition coefficient (Wildman–Crippen LogP) is 2.72. The summed E-state index contributed by atoms with van der Waals surface area (Å²) in [4.78, 5) is 27.4. The highest BCUT2D eigenvalue weighted by molar-refractivity contribution is 5.83. The third kappa shape index (κ3) is 6.42. The summed E-state index contributed by atoms with van der Waals surface area (Å²) in [6.45, 7) is 9.72. The van der Waals surface area contributed by atoms with Gasteiger partial charge in [-0.25, -0.2) is 4.98 Å². The highest BCUT2D eigenvalue weighted by Crippen LogP contribution is 2.23. The number of morpholine rings is 1. The number of unbranched alkanes of at least 4 members (excludes halogenated alkanes) is 1. The molecule has 0 saturated carbocycles.